The van der Waals surface area contributed by atoms with Crippen LogP contribution in [0.5, 0.6) is 0 Å². The summed E-state index contributed by atoms with van der Waals surface area (Å²) in [6, 6.07) is 26.0. The molecule has 2 N–H and O–H groups in total. The zero-order valence-corrected chi connectivity index (χ0v) is 19.6. The number of rotatable bonds is 8. The van der Waals surface area contributed by atoms with Crippen LogP contribution in [0.2, 0.25) is 0 Å². The number of aliphatic hydroxyl groups excluding tert-OH is 2. The van der Waals surface area contributed by atoms with Crippen LogP contribution in [0.25, 0.3) is 0 Å². The van der Waals surface area contributed by atoms with Crippen molar-refractivity contribution in [3.05, 3.63) is 102 Å². The maximum atomic E-state index is 12.7. The molecule has 6 nitrogen and oxygen atoms in total. The van der Waals surface area contributed by atoms with Gasteiger partial charge >= 0.3 is 5.97 Å². The Morgan fingerprint density at radius 2 is 1.56 bits per heavy atom. The number of benzene rings is 3. The zero-order chi connectivity index (χ0) is 23.9. The molecule has 0 amide bonds. The number of thioether (sulfide) groups is 1. The molecule has 0 saturated carbocycles. The molecular weight excluding hydrogens is 452 g/mol. The van der Waals surface area contributed by atoms with Crippen molar-refractivity contribution in [2.45, 2.75) is 48.3 Å². The maximum Gasteiger partial charge on any atom is 0.338 e. The maximum absolute atomic E-state index is 12.7. The fourth-order valence-electron chi connectivity index (χ4n) is 3.65. The van der Waals surface area contributed by atoms with Gasteiger partial charge in [0.15, 0.2) is 6.10 Å². The van der Waals surface area contributed by atoms with Gasteiger partial charge in [0.25, 0.3) is 0 Å². The van der Waals surface area contributed by atoms with E-state index in [1.807, 2.05) is 61.5 Å². The van der Waals surface area contributed by atoms with E-state index in [0.29, 0.717) is 12.2 Å². The number of hydrogen-bond acceptors (Lipinski definition) is 7. The number of aliphatic hydroxyl groups is 2. The first-order valence-corrected chi connectivity index (χ1v) is 12.0. The molecule has 7 heteroatoms. The lowest BCUT2D eigenvalue weighted by molar-refractivity contribution is -0.210. The molecule has 0 radical (unpaired) electrons. The van der Waals surface area contributed by atoms with Crippen LogP contribution >= 0.6 is 11.8 Å². The van der Waals surface area contributed by atoms with Gasteiger partial charge in [-0.1, -0.05) is 78.0 Å². The van der Waals surface area contributed by atoms with Gasteiger partial charge < -0.3 is 24.4 Å². The second-order valence-electron chi connectivity index (χ2n) is 8.19. The average Bonchev–Trinajstić information content (AvgIpc) is 2.87. The van der Waals surface area contributed by atoms with Gasteiger partial charge in [0.2, 0.25) is 0 Å². The molecule has 1 aliphatic heterocycles. The molecule has 1 saturated heterocycles. The highest BCUT2D eigenvalue weighted by Gasteiger charge is 2.47. The summed E-state index contributed by atoms with van der Waals surface area (Å²) in [7, 11) is 0. The monoisotopic (exact) mass is 480 g/mol. The van der Waals surface area contributed by atoms with Crippen LogP contribution in [0.1, 0.15) is 21.5 Å². The number of ether oxygens (including phenoxy) is 3. The Balaban J connectivity index is 1.48. The fourth-order valence-corrected chi connectivity index (χ4v) is 4.76. The number of aryl methyl sites for hydroxylation is 1. The summed E-state index contributed by atoms with van der Waals surface area (Å²) in [4.78, 5) is 13.6. The van der Waals surface area contributed by atoms with E-state index in [0.717, 1.165) is 16.0 Å². The Morgan fingerprint density at radius 3 is 2.24 bits per heavy atom. The summed E-state index contributed by atoms with van der Waals surface area (Å²) < 4.78 is 17.6. The molecule has 4 rings (SSSR count). The van der Waals surface area contributed by atoms with Crippen molar-refractivity contribution in [2.75, 3.05) is 6.61 Å². The van der Waals surface area contributed by atoms with Crippen molar-refractivity contribution >= 4 is 17.7 Å². The lowest BCUT2D eigenvalue weighted by Gasteiger charge is -2.41. The molecule has 3 aromatic carbocycles. The highest BCUT2D eigenvalue weighted by atomic mass is 32.2. The number of esters is 1. The molecule has 1 fully saturated rings. The first kappa shape index (κ1) is 24.4. The van der Waals surface area contributed by atoms with E-state index in [4.69, 9.17) is 14.2 Å². The summed E-state index contributed by atoms with van der Waals surface area (Å²) in [5, 5.41) is 21.7. The van der Waals surface area contributed by atoms with Gasteiger partial charge in [-0.25, -0.2) is 4.79 Å². The topological polar surface area (TPSA) is 85.2 Å². The first-order valence-electron chi connectivity index (χ1n) is 11.1. The minimum absolute atomic E-state index is 0.0808. The molecule has 0 aliphatic carbocycles. The first-order chi connectivity index (χ1) is 16.5. The van der Waals surface area contributed by atoms with Gasteiger partial charge in [-0.15, -0.1) is 0 Å². The largest absolute Gasteiger partial charge is 0.452 e. The van der Waals surface area contributed by atoms with Crippen LogP contribution in [-0.2, 0) is 20.8 Å². The number of carbonyl (C=O) groups is 1. The second kappa shape index (κ2) is 11.6. The quantitative estimate of drug-likeness (QED) is 0.472. The third-order valence-electron chi connectivity index (χ3n) is 5.56. The van der Waals surface area contributed by atoms with E-state index in [9.17, 15) is 15.0 Å². The normalized spacial score (nSPS) is 24.5. The Labute approximate surface area is 203 Å². The minimum atomic E-state index is -1.34. The standard InChI is InChI=1S/C27H28O6S/c1-18-12-14-21(15-13-18)34-27-25(33-26(30)20-10-6-3-7-11-20)24(29)23(28)22(32-27)17-31-16-19-8-4-2-5-9-19/h2-15,22-25,27-29H,16-17H2,1H3/t22?,23-,24?,25?,27-/m0/s1. The number of carbonyl (C=O) groups excluding carboxylic acids is 1. The van der Waals surface area contributed by atoms with Gasteiger partial charge in [0.1, 0.15) is 23.7 Å². The van der Waals surface area contributed by atoms with Gasteiger partial charge in [-0.3, -0.25) is 0 Å². The molecule has 3 unspecified atom stereocenters. The third kappa shape index (κ3) is 6.25. The van der Waals surface area contributed by atoms with Crippen molar-refractivity contribution in [3.63, 3.8) is 0 Å². The molecule has 0 spiro atoms. The predicted molar refractivity (Wildman–Crippen MR) is 129 cm³/mol. The van der Waals surface area contributed by atoms with Crippen molar-refractivity contribution in [3.8, 4) is 0 Å². The average molecular weight is 481 g/mol. The van der Waals surface area contributed by atoms with Crippen LogP contribution in [0.3, 0.4) is 0 Å². The van der Waals surface area contributed by atoms with Crippen LogP contribution in [0.15, 0.2) is 89.8 Å². The Hall–Kier alpha value is -2.68. The molecule has 1 aliphatic rings. The van der Waals surface area contributed by atoms with Crippen LogP contribution in [0, 0.1) is 6.92 Å². The van der Waals surface area contributed by atoms with Gasteiger partial charge in [-0.2, -0.15) is 0 Å². The van der Waals surface area contributed by atoms with E-state index in [2.05, 4.69) is 0 Å². The Kier molecular flexibility index (Phi) is 8.37. The summed E-state index contributed by atoms with van der Waals surface area (Å²) >= 11 is 1.33. The third-order valence-corrected chi connectivity index (χ3v) is 6.72. The Morgan fingerprint density at radius 1 is 0.912 bits per heavy atom. The summed E-state index contributed by atoms with van der Waals surface area (Å²) in [6.07, 6.45) is -4.47. The molecular formula is C27H28O6S. The molecule has 178 valence electrons. The minimum Gasteiger partial charge on any atom is -0.452 e. The van der Waals surface area contributed by atoms with Crippen LogP contribution in [0.4, 0.5) is 0 Å². The van der Waals surface area contributed by atoms with Crippen LogP contribution < -0.4 is 0 Å². The van der Waals surface area contributed by atoms with Crippen molar-refractivity contribution < 1.29 is 29.2 Å². The summed E-state index contributed by atoms with van der Waals surface area (Å²) in [6.45, 7) is 2.43. The van der Waals surface area contributed by atoms with E-state index >= 15 is 0 Å². The fraction of sp³-hybridized carbons (Fsp3) is 0.296. The molecule has 1 heterocycles. The molecule has 0 aromatic heterocycles. The van der Waals surface area contributed by atoms with Crippen molar-refractivity contribution in [2.24, 2.45) is 0 Å². The van der Waals surface area contributed by atoms with Crippen LogP contribution in [-0.4, -0.2) is 52.6 Å². The predicted octanol–water partition coefficient (Wildman–Crippen LogP) is 3.98. The molecule has 5 atom stereocenters. The second-order valence-corrected chi connectivity index (χ2v) is 9.36. The van der Waals surface area contributed by atoms with E-state index in [1.165, 1.54) is 11.8 Å². The lowest BCUT2D eigenvalue weighted by Crippen LogP contribution is -2.59. The van der Waals surface area contributed by atoms with E-state index in [-0.39, 0.29) is 6.61 Å². The van der Waals surface area contributed by atoms with Crippen molar-refractivity contribution in [1.29, 1.82) is 0 Å². The summed E-state index contributed by atoms with van der Waals surface area (Å²) in [5.74, 6) is -0.589. The van der Waals surface area contributed by atoms with Gasteiger partial charge in [0, 0.05) is 4.90 Å². The SMILES string of the molecule is Cc1ccc(S[C@@H]2OC(COCc3ccccc3)[C@H](O)C(O)C2OC(=O)c2ccccc2)cc1. The number of hydrogen-bond donors (Lipinski definition) is 2. The summed E-state index contributed by atoms with van der Waals surface area (Å²) in [5.41, 5.74) is 1.73. The molecule has 34 heavy (non-hydrogen) atoms. The molecule has 0 bridgehead atoms. The highest BCUT2D eigenvalue weighted by molar-refractivity contribution is 7.99. The van der Waals surface area contributed by atoms with Crippen molar-refractivity contribution in [1.82, 2.24) is 0 Å². The smallest absolute Gasteiger partial charge is 0.338 e. The lowest BCUT2D eigenvalue weighted by atomic mass is 10.00. The Bertz CT molecular complexity index is 1040. The van der Waals surface area contributed by atoms with E-state index < -0.39 is 35.8 Å². The zero-order valence-electron chi connectivity index (χ0n) is 18.8. The van der Waals surface area contributed by atoms with E-state index in [1.54, 1.807) is 30.3 Å². The molecule has 3 aromatic rings. The van der Waals surface area contributed by atoms with Gasteiger partial charge in [0.05, 0.1) is 18.8 Å². The van der Waals surface area contributed by atoms with Gasteiger partial charge in [-0.05, 0) is 36.8 Å². The highest BCUT2D eigenvalue weighted by Crippen LogP contribution is 2.35.